The molecular weight excluding hydrogens is 516 g/mol. The summed E-state index contributed by atoms with van der Waals surface area (Å²) in [5.74, 6) is 0.814. The van der Waals surface area contributed by atoms with Crippen molar-refractivity contribution in [1.29, 1.82) is 0 Å². The quantitative estimate of drug-likeness (QED) is 0.451. The van der Waals surface area contributed by atoms with Gasteiger partial charge in [-0.15, -0.1) is 11.3 Å². The highest BCUT2D eigenvalue weighted by molar-refractivity contribution is 9.11. The number of hydrogen-bond donors (Lipinski definition) is 2. The third-order valence-corrected chi connectivity index (χ3v) is 8.76. The first-order valence-corrected chi connectivity index (χ1v) is 12.9. The Morgan fingerprint density at radius 3 is 2.10 bits per heavy atom. The van der Waals surface area contributed by atoms with Gasteiger partial charge in [-0.05, 0) is 64.5 Å². The maximum absolute atomic E-state index is 12.7. The summed E-state index contributed by atoms with van der Waals surface area (Å²) in [6.07, 6.45) is 0. The van der Waals surface area contributed by atoms with Gasteiger partial charge in [-0.1, -0.05) is 0 Å². The standard InChI is InChI=1S/C18H17BrN2O6S3/c1-26-13-5-8-15(16(11-13)27-2)21-29(22,23)14-6-3-12(4-7-14)20-30(24,25)18-10-9-17(19)28-18/h3-11,20-21H,1-2H3. The number of thiophene rings is 1. The first-order chi connectivity index (χ1) is 14.1. The molecule has 0 fully saturated rings. The molecule has 3 rings (SSSR count). The van der Waals surface area contributed by atoms with Gasteiger partial charge in [-0.25, -0.2) is 16.8 Å². The van der Waals surface area contributed by atoms with Crippen molar-refractivity contribution < 1.29 is 26.3 Å². The van der Waals surface area contributed by atoms with Crippen LogP contribution in [0.2, 0.25) is 0 Å². The fraction of sp³-hybridized carbons (Fsp3) is 0.111. The molecule has 0 aliphatic carbocycles. The maximum atomic E-state index is 12.7. The molecule has 2 N–H and O–H groups in total. The van der Waals surface area contributed by atoms with Crippen LogP contribution < -0.4 is 18.9 Å². The number of ether oxygens (including phenoxy) is 2. The van der Waals surface area contributed by atoms with Crippen molar-refractivity contribution in [3.05, 3.63) is 58.4 Å². The molecule has 0 saturated carbocycles. The van der Waals surface area contributed by atoms with Crippen LogP contribution >= 0.6 is 27.3 Å². The molecule has 0 aliphatic heterocycles. The molecule has 0 radical (unpaired) electrons. The van der Waals surface area contributed by atoms with E-state index in [1.165, 1.54) is 50.6 Å². The number of nitrogens with one attached hydrogen (secondary N) is 2. The van der Waals surface area contributed by atoms with Gasteiger partial charge in [0, 0.05) is 11.8 Å². The van der Waals surface area contributed by atoms with Crippen molar-refractivity contribution in [1.82, 2.24) is 0 Å². The topological polar surface area (TPSA) is 111 Å². The molecule has 0 atom stereocenters. The molecule has 12 heteroatoms. The predicted octanol–water partition coefficient (Wildman–Crippen LogP) is 4.13. The summed E-state index contributed by atoms with van der Waals surface area (Å²) in [5.41, 5.74) is 0.479. The van der Waals surface area contributed by atoms with Gasteiger partial charge >= 0.3 is 0 Å². The van der Waals surface area contributed by atoms with Gasteiger partial charge in [0.05, 0.1) is 28.6 Å². The lowest BCUT2D eigenvalue weighted by Gasteiger charge is -2.13. The third kappa shape index (κ3) is 5.06. The molecule has 0 saturated heterocycles. The largest absolute Gasteiger partial charge is 0.497 e. The third-order valence-electron chi connectivity index (χ3n) is 3.88. The van der Waals surface area contributed by atoms with Gasteiger partial charge in [0.25, 0.3) is 20.0 Å². The van der Waals surface area contributed by atoms with Crippen molar-refractivity contribution in [2.45, 2.75) is 9.10 Å². The van der Waals surface area contributed by atoms with Gasteiger partial charge in [0.1, 0.15) is 15.7 Å². The van der Waals surface area contributed by atoms with Gasteiger partial charge in [0.15, 0.2) is 0 Å². The number of rotatable bonds is 8. The van der Waals surface area contributed by atoms with E-state index in [9.17, 15) is 16.8 Å². The molecule has 8 nitrogen and oxygen atoms in total. The SMILES string of the molecule is COc1ccc(NS(=O)(=O)c2ccc(NS(=O)(=O)c3ccc(Br)s3)cc2)c(OC)c1. The number of hydrogen-bond acceptors (Lipinski definition) is 7. The molecule has 0 spiro atoms. The van der Waals surface area contributed by atoms with E-state index in [4.69, 9.17) is 9.47 Å². The molecule has 1 heterocycles. The lowest BCUT2D eigenvalue weighted by molar-refractivity contribution is 0.395. The fourth-order valence-electron chi connectivity index (χ4n) is 2.44. The fourth-order valence-corrected chi connectivity index (χ4v) is 6.58. The molecule has 2 aromatic carbocycles. The van der Waals surface area contributed by atoms with Crippen LogP contribution in [-0.4, -0.2) is 31.1 Å². The summed E-state index contributed by atoms with van der Waals surface area (Å²) in [6.45, 7) is 0. The van der Waals surface area contributed by atoms with E-state index < -0.39 is 20.0 Å². The minimum atomic E-state index is -3.93. The Morgan fingerprint density at radius 2 is 1.53 bits per heavy atom. The van der Waals surface area contributed by atoms with Crippen LogP contribution in [0.25, 0.3) is 0 Å². The maximum Gasteiger partial charge on any atom is 0.271 e. The van der Waals surface area contributed by atoms with E-state index >= 15 is 0 Å². The van der Waals surface area contributed by atoms with Gasteiger partial charge in [-0.3, -0.25) is 9.44 Å². The summed E-state index contributed by atoms with van der Waals surface area (Å²) in [6, 6.07) is 13.1. The average molecular weight is 533 g/mol. The minimum absolute atomic E-state index is 0.0396. The van der Waals surface area contributed by atoms with E-state index in [1.807, 2.05) is 0 Å². The Kier molecular flexibility index (Phi) is 6.60. The van der Waals surface area contributed by atoms with E-state index in [2.05, 4.69) is 25.4 Å². The predicted molar refractivity (Wildman–Crippen MR) is 120 cm³/mol. The Morgan fingerprint density at radius 1 is 0.833 bits per heavy atom. The molecule has 160 valence electrons. The molecule has 1 aromatic heterocycles. The number of sulfonamides is 2. The molecule has 3 aromatic rings. The van der Waals surface area contributed by atoms with Gasteiger partial charge in [-0.2, -0.15) is 0 Å². The Bertz CT molecular complexity index is 1260. The number of methoxy groups -OCH3 is 2. The first-order valence-electron chi connectivity index (χ1n) is 8.28. The zero-order valence-electron chi connectivity index (χ0n) is 15.7. The summed E-state index contributed by atoms with van der Waals surface area (Å²) in [4.78, 5) is -0.0396. The highest BCUT2D eigenvalue weighted by Gasteiger charge is 2.19. The molecule has 0 bridgehead atoms. The zero-order chi connectivity index (χ0) is 21.9. The van der Waals surface area contributed by atoms with Crippen molar-refractivity contribution in [3.63, 3.8) is 0 Å². The highest BCUT2D eigenvalue weighted by atomic mass is 79.9. The zero-order valence-corrected chi connectivity index (χ0v) is 19.8. The van der Waals surface area contributed by atoms with Crippen LogP contribution in [0.4, 0.5) is 11.4 Å². The molecule has 0 aliphatic rings. The van der Waals surface area contributed by atoms with E-state index in [1.54, 1.807) is 18.2 Å². The lowest BCUT2D eigenvalue weighted by atomic mass is 10.3. The number of benzene rings is 2. The molecular formula is C18H17BrN2O6S3. The lowest BCUT2D eigenvalue weighted by Crippen LogP contribution is -2.14. The first kappa shape index (κ1) is 22.4. The van der Waals surface area contributed by atoms with Crippen molar-refractivity contribution >= 4 is 58.7 Å². The highest BCUT2D eigenvalue weighted by Crippen LogP contribution is 2.31. The van der Waals surface area contributed by atoms with Crippen LogP contribution in [-0.2, 0) is 20.0 Å². The van der Waals surface area contributed by atoms with Crippen molar-refractivity contribution in [3.8, 4) is 11.5 Å². The van der Waals surface area contributed by atoms with Crippen molar-refractivity contribution in [2.75, 3.05) is 23.7 Å². The van der Waals surface area contributed by atoms with E-state index in [-0.39, 0.29) is 20.5 Å². The summed E-state index contributed by atoms with van der Waals surface area (Å²) >= 11 is 4.29. The summed E-state index contributed by atoms with van der Waals surface area (Å²) in [7, 11) is -4.78. The molecule has 30 heavy (non-hydrogen) atoms. The van der Waals surface area contributed by atoms with Gasteiger partial charge in [0.2, 0.25) is 0 Å². The number of halogens is 1. The van der Waals surface area contributed by atoms with Crippen LogP contribution in [0.3, 0.4) is 0 Å². The van der Waals surface area contributed by atoms with Gasteiger partial charge < -0.3 is 9.47 Å². The summed E-state index contributed by atoms with van der Waals surface area (Å²) in [5, 5.41) is 0. The van der Waals surface area contributed by atoms with Crippen LogP contribution in [0, 0.1) is 0 Å². The van der Waals surface area contributed by atoms with Crippen molar-refractivity contribution in [2.24, 2.45) is 0 Å². The minimum Gasteiger partial charge on any atom is -0.497 e. The summed E-state index contributed by atoms with van der Waals surface area (Å²) < 4.78 is 66.2. The van der Waals surface area contributed by atoms with Crippen LogP contribution in [0.1, 0.15) is 0 Å². The average Bonchev–Trinajstić information content (AvgIpc) is 3.15. The second-order valence-electron chi connectivity index (χ2n) is 5.86. The Labute approximate surface area is 187 Å². The normalized spacial score (nSPS) is 11.7. The Hall–Kier alpha value is -2.28. The monoisotopic (exact) mass is 532 g/mol. The smallest absolute Gasteiger partial charge is 0.271 e. The Balaban J connectivity index is 1.80. The number of anilines is 2. The molecule has 0 unspecified atom stereocenters. The van der Waals surface area contributed by atoms with Crippen LogP contribution in [0.15, 0.2) is 67.5 Å². The van der Waals surface area contributed by atoms with Crippen LogP contribution in [0.5, 0.6) is 11.5 Å². The van der Waals surface area contributed by atoms with E-state index in [0.29, 0.717) is 15.3 Å². The second kappa shape index (κ2) is 8.84. The molecule has 0 amide bonds. The second-order valence-corrected chi connectivity index (χ2v) is 11.9. The van der Waals surface area contributed by atoms with E-state index in [0.717, 1.165) is 11.3 Å².